The molecule has 0 unspecified atom stereocenters. The number of rotatable bonds is 10. The van der Waals surface area contributed by atoms with Gasteiger partial charge in [-0.25, -0.2) is 0 Å². The van der Waals surface area contributed by atoms with Crippen LogP contribution in [0.15, 0.2) is 60.8 Å². The highest BCUT2D eigenvalue weighted by molar-refractivity contribution is 7.90. The largest absolute Gasteiger partial charge is 0.433 e. The third-order valence-electron chi connectivity index (χ3n) is 5.02. The van der Waals surface area contributed by atoms with Crippen molar-refractivity contribution in [1.29, 1.82) is 0 Å². The number of carbonyl (C=O) groups is 1. The molecule has 3 N–H and O–H groups in total. The van der Waals surface area contributed by atoms with E-state index in [1.807, 2.05) is 0 Å². The zero-order valence-corrected chi connectivity index (χ0v) is 21.3. The van der Waals surface area contributed by atoms with E-state index in [0.717, 1.165) is 16.6 Å². The van der Waals surface area contributed by atoms with E-state index in [0.29, 0.717) is 11.1 Å². The van der Waals surface area contributed by atoms with Crippen molar-refractivity contribution in [2.45, 2.75) is 19.3 Å². The summed E-state index contributed by atoms with van der Waals surface area (Å²) in [4.78, 5) is 15.9. The first kappa shape index (κ1) is 28.7. The minimum atomic E-state index is -4.56. The van der Waals surface area contributed by atoms with Crippen molar-refractivity contribution in [3.63, 3.8) is 0 Å². The maximum absolute atomic E-state index is 12.9. The number of benzene rings is 2. The molecular weight excluding hydrogens is 556 g/mol. The number of nitrogens with zero attached hydrogens (tertiary/aromatic N) is 2. The monoisotopic (exact) mass is 576 g/mol. The number of nitrogens with one attached hydrogen (secondary N) is 2. The lowest BCUT2D eigenvalue weighted by Gasteiger charge is -2.25. The molecule has 0 atom stereocenters. The van der Waals surface area contributed by atoms with Crippen LogP contribution in [0, 0.1) is 0 Å². The average molecular weight is 577 g/mol. The van der Waals surface area contributed by atoms with Crippen molar-refractivity contribution in [3.8, 4) is 0 Å². The summed E-state index contributed by atoms with van der Waals surface area (Å²) in [5, 5.41) is 12.0. The van der Waals surface area contributed by atoms with Crippen LogP contribution in [0.2, 0.25) is 10.0 Å². The lowest BCUT2D eigenvalue weighted by Crippen LogP contribution is -2.41. The van der Waals surface area contributed by atoms with Crippen molar-refractivity contribution in [2.75, 3.05) is 17.5 Å². The predicted molar refractivity (Wildman–Crippen MR) is 134 cm³/mol. The molecule has 0 saturated carbocycles. The van der Waals surface area contributed by atoms with Gasteiger partial charge < -0.3 is 10.4 Å². The fourth-order valence-electron chi connectivity index (χ4n) is 3.15. The first-order valence-electron chi connectivity index (χ1n) is 10.6. The lowest BCUT2D eigenvalue weighted by atomic mass is 10.1. The summed E-state index contributed by atoms with van der Waals surface area (Å²) >= 11 is 12.3. The number of aliphatic hydroxyl groups excluding tert-OH is 1. The number of hydrogen-bond donors (Lipinski definition) is 3. The van der Waals surface area contributed by atoms with Gasteiger partial charge in [-0.3, -0.25) is 14.1 Å². The predicted octanol–water partition coefficient (Wildman–Crippen LogP) is 4.17. The van der Waals surface area contributed by atoms with E-state index in [-0.39, 0.29) is 40.9 Å². The van der Waals surface area contributed by atoms with E-state index in [1.54, 1.807) is 18.2 Å². The summed E-state index contributed by atoms with van der Waals surface area (Å²) in [6.45, 7) is -0.892. The van der Waals surface area contributed by atoms with Crippen LogP contribution >= 0.6 is 23.2 Å². The van der Waals surface area contributed by atoms with Gasteiger partial charge in [0.05, 0.1) is 28.9 Å². The SMILES string of the molecule is O=C(NCc1ccc(C(F)(F)F)nc1)c1ccc(N(Cc2cccc(Cl)c2Cl)S(=O)(=O)NCCO)cc1. The quantitative estimate of drug-likeness (QED) is 0.335. The van der Waals surface area contributed by atoms with E-state index in [4.69, 9.17) is 28.3 Å². The number of aliphatic hydroxyl groups is 1. The summed E-state index contributed by atoms with van der Waals surface area (Å²) in [5.41, 5.74) is 0.138. The van der Waals surface area contributed by atoms with Crippen LogP contribution in [0.5, 0.6) is 0 Å². The van der Waals surface area contributed by atoms with Crippen LogP contribution in [-0.2, 0) is 29.5 Å². The molecule has 3 rings (SSSR count). The molecule has 2 aromatic carbocycles. The summed E-state index contributed by atoms with van der Waals surface area (Å²) < 4.78 is 67.0. The molecule has 0 fully saturated rings. The second-order valence-corrected chi connectivity index (χ2v) is 10.1. The van der Waals surface area contributed by atoms with Gasteiger partial charge in [0, 0.05) is 24.8 Å². The molecule has 37 heavy (non-hydrogen) atoms. The van der Waals surface area contributed by atoms with Gasteiger partial charge in [-0.15, -0.1) is 0 Å². The Morgan fingerprint density at radius 1 is 1.05 bits per heavy atom. The third-order valence-corrected chi connectivity index (χ3v) is 7.36. The molecule has 8 nitrogen and oxygen atoms in total. The normalized spacial score (nSPS) is 11.8. The Morgan fingerprint density at radius 2 is 1.76 bits per heavy atom. The Morgan fingerprint density at radius 3 is 2.35 bits per heavy atom. The Hall–Kier alpha value is -2.90. The fraction of sp³-hybridized carbons (Fsp3) is 0.217. The molecule has 0 bridgehead atoms. The number of anilines is 1. The molecule has 0 radical (unpaired) electrons. The highest BCUT2D eigenvalue weighted by Crippen LogP contribution is 2.29. The molecule has 0 aliphatic carbocycles. The Bertz CT molecular complexity index is 1340. The van der Waals surface area contributed by atoms with Gasteiger partial charge in [0.15, 0.2) is 0 Å². The first-order valence-corrected chi connectivity index (χ1v) is 12.8. The van der Waals surface area contributed by atoms with E-state index < -0.39 is 34.6 Å². The van der Waals surface area contributed by atoms with Crippen molar-refractivity contribution >= 4 is 45.0 Å². The fourth-order valence-corrected chi connectivity index (χ4v) is 4.75. The number of halogens is 5. The minimum absolute atomic E-state index is 0.0649. The van der Waals surface area contributed by atoms with Gasteiger partial charge in [-0.2, -0.15) is 26.3 Å². The highest BCUT2D eigenvalue weighted by Gasteiger charge is 2.32. The lowest BCUT2D eigenvalue weighted by molar-refractivity contribution is -0.141. The van der Waals surface area contributed by atoms with Crippen molar-refractivity contribution < 1.29 is 31.5 Å². The van der Waals surface area contributed by atoms with Gasteiger partial charge in [-0.1, -0.05) is 41.4 Å². The van der Waals surface area contributed by atoms with Gasteiger partial charge in [0.25, 0.3) is 5.91 Å². The number of pyridine rings is 1. The topological polar surface area (TPSA) is 112 Å². The average Bonchev–Trinajstić information content (AvgIpc) is 2.86. The van der Waals surface area contributed by atoms with Crippen LogP contribution < -0.4 is 14.3 Å². The molecule has 0 saturated heterocycles. The molecule has 198 valence electrons. The number of amides is 1. The molecule has 1 amide bonds. The second-order valence-electron chi connectivity index (χ2n) is 7.62. The molecule has 0 aliphatic heterocycles. The Balaban J connectivity index is 1.77. The maximum atomic E-state index is 12.9. The molecule has 1 heterocycles. The smallest absolute Gasteiger partial charge is 0.395 e. The van der Waals surface area contributed by atoms with E-state index in [2.05, 4.69) is 15.0 Å². The zero-order valence-electron chi connectivity index (χ0n) is 19.0. The number of hydrogen-bond acceptors (Lipinski definition) is 5. The number of alkyl halides is 3. The third kappa shape index (κ3) is 7.55. The molecule has 0 spiro atoms. The van der Waals surface area contributed by atoms with Crippen LogP contribution in [0.4, 0.5) is 18.9 Å². The molecule has 1 aromatic heterocycles. The molecular formula is C23H21Cl2F3N4O4S. The Kier molecular flexibility index (Phi) is 9.37. The number of aromatic nitrogens is 1. The summed E-state index contributed by atoms with van der Waals surface area (Å²) in [6, 6.07) is 12.4. The summed E-state index contributed by atoms with van der Waals surface area (Å²) in [7, 11) is -4.12. The minimum Gasteiger partial charge on any atom is -0.395 e. The van der Waals surface area contributed by atoms with Crippen LogP contribution in [0.3, 0.4) is 0 Å². The van der Waals surface area contributed by atoms with Gasteiger partial charge in [-0.05, 0) is 47.5 Å². The molecule has 0 aliphatic rings. The summed E-state index contributed by atoms with van der Waals surface area (Å²) in [6.07, 6.45) is -3.54. The standard InChI is InChI=1S/C23H21Cl2F3N4O4S/c24-19-3-1-2-17(21(19)25)14-32(37(35,36)31-10-11-33)18-7-5-16(6-8-18)22(34)30-13-15-4-9-20(29-12-15)23(26,27)28/h1-9,12,31,33H,10-11,13-14H2,(H,30,34). The van der Waals surface area contributed by atoms with Crippen molar-refractivity contribution in [2.24, 2.45) is 0 Å². The van der Waals surface area contributed by atoms with Gasteiger partial charge in [0.2, 0.25) is 0 Å². The number of carbonyl (C=O) groups excluding carboxylic acids is 1. The van der Waals surface area contributed by atoms with Crippen molar-refractivity contribution in [1.82, 2.24) is 15.0 Å². The van der Waals surface area contributed by atoms with Gasteiger partial charge >= 0.3 is 16.4 Å². The maximum Gasteiger partial charge on any atom is 0.433 e. The summed E-state index contributed by atoms with van der Waals surface area (Å²) in [5.74, 6) is -0.530. The molecule has 14 heteroatoms. The first-order chi connectivity index (χ1) is 17.4. The van der Waals surface area contributed by atoms with Crippen molar-refractivity contribution in [3.05, 3.63) is 93.2 Å². The second kappa shape index (κ2) is 12.1. The zero-order chi connectivity index (χ0) is 27.2. The van der Waals surface area contributed by atoms with Crippen LogP contribution in [0.25, 0.3) is 0 Å². The highest BCUT2D eigenvalue weighted by atomic mass is 35.5. The van der Waals surface area contributed by atoms with E-state index >= 15 is 0 Å². The van der Waals surface area contributed by atoms with Gasteiger partial charge in [0.1, 0.15) is 5.69 Å². The van der Waals surface area contributed by atoms with Crippen LogP contribution in [-0.4, -0.2) is 37.6 Å². The molecule has 3 aromatic rings. The van der Waals surface area contributed by atoms with E-state index in [9.17, 15) is 26.4 Å². The Labute approximate surface area is 221 Å². The van der Waals surface area contributed by atoms with E-state index in [1.165, 1.54) is 30.3 Å². The van der Waals surface area contributed by atoms with Crippen LogP contribution in [0.1, 0.15) is 27.2 Å².